The monoisotopic (exact) mass is 182 g/mol. The lowest BCUT2D eigenvalue weighted by molar-refractivity contribution is -0.154. The highest BCUT2D eigenvalue weighted by Gasteiger charge is 2.54. The first-order chi connectivity index (χ1) is 6.06. The van der Waals surface area contributed by atoms with E-state index in [0.717, 1.165) is 12.8 Å². The highest BCUT2D eigenvalue weighted by atomic mass is 16.6. The minimum atomic E-state index is -0.109. The van der Waals surface area contributed by atoms with Crippen LogP contribution in [0.5, 0.6) is 0 Å². The number of carbonyl (C=O) groups excluding carboxylic acids is 1. The molecular formula is C11H18O2. The Bertz CT molecular complexity index is 224. The van der Waals surface area contributed by atoms with E-state index in [2.05, 4.69) is 13.8 Å². The van der Waals surface area contributed by atoms with Crippen molar-refractivity contribution >= 4 is 5.97 Å². The normalized spacial score (nSPS) is 30.5. The van der Waals surface area contributed by atoms with Gasteiger partial charge < -0.3 is 4.74 Å². The maximum absolute atomic E-state index is 11.3. The van der Waals surface area contributed by atoms with Gasteiger partial charge in [0, 0.05) is 5.41 Å². The zero-order valence-corrected chi connectivity index (χ0v) is 8.56. The lowest BCUT2D eigenvalue weighted by Gasteiger charge is -2.41. The SMILES string of the molecule is CC1(C)CC(=O)OC12CCCCC2. The molecular weight excluding hydrogens is 164 g/mol. The molecule has 2 aliphatic rings. The summed E-state index contributed by atoms with van der Waals surface area (Å²) in [6, 6.07) is 0. The van der Waals surface area contributed by atoms with Gasteiger partial charge in [0.05, 0.1) is 6.42 Å². The maximum Gasteiger partial charge on any atom is 0.307 e. The largest absolute Gasteiger partial charge is 0.458 e. The Hall–Kier alpha value is -0.530. The molecule has 2 rings (SSSR count). The van der Waals surface area contributed by atoms with Gasteiger partial charge >= 0.3 is 5.97 Å². The van der Waals surface area contributed by atoms with Gasteiger partial charge in [-0.3, -0.25) is 4.79 Å². The van der Waals surface area contributed by atoms with Gasteiger partial charge in [0.25, 0.3) is 0 Å². The van der Waals surface area contributed by atoms with Crippen LogP contribution in [0.1, 0.15) is 52.4 Å². The summed E-state index contributed by atoms with van der Waals surface area (Å²) in [6.07, 6.45) is 6.49. The number of hydrogen-bond acceptors (Lipinski definition) is 2. The average Bonchev–Trinajstić information content (AvgIpc) is 2.23. The number of esters is 1. The van der Waals surface area contributed by atoms with Crippen molar-refractivity contribution in [2.75, 3.05) is 0 Å². The molecule has 0 amide bonds. The van der Waals surface area contributed by atoms with Gasteiger partial charge in [-0.15, -0.1) is 0 Å². The Morgan fingerprint density at radius 2 is 1.77 bits per heavy atom. The smallest absolute Gasteiger partial charge is 0.307 e. The van der Waals surface area contributed by atoms with Gasteiger partial charge in [0.15, 0.2) is 0 Å². The summed E-state index contributed by atoms with van der Waals surface area (Å²) in [5, 5.41) is 0. The maximum atomic E-state index is 11.3. The summed E-state index contributed by atoms with van der Waals surface area (Å²) >= 11 is 0. The summed E-state index contributed by atoms with van der Waals surface area (Å²) < 4.78 is 5.57. The average molecular weight is 182 g/mol. The van der Waals surface area contributed by atoms with Crippen molar-refractivity contribution in [2.24, 2.45) is 5.41 Å². The second-order valence-corrected chi connectivity index (χ2v) is 5.09. The first-order valence-electron chi connectivity index (χ1n) is 5.28. The first-order valence-corrected chi connectivity index (χ1v) is 5.28. The zero-order chi connectivity index (χ0) is 9.53. The third-order valence-corrected chi connectivity index (χ3v) is 3.79. The molecule has 1 saturated carbocycles. The summed E-state index contributed by atoms with van der Waals surface area (Å²) in [4.78, 5) is 11.3. The molecule has 74 valence electrons. The Labute approximate surface area is 79.7 Å². The molecule has 2 heteroatoms. The highest BCUT2D eigenvalue weighted by molar-refractivity contribution is 5.73. The Balaban J connectivity index is 2.24. The minimum absolute atomic E-state index is 0.00639. The predicted molar refractivity (Wildman–Crippen MR) is 50.3 cm³/mol. The van der Waals surface area contributed by atoms with Crippen LogP contribution >= 0.6 is 0 Å². The predicted octanol–water partition coefficient (Wildman–Crippen LogP) is 2.66. The van der Waals surface area contributed by atoms with E-state index in [1.165, 1.54) is 19.3 Å². The molecule has 0 N–H and O–H groups in total. The number of hydrogen-bond donors (Lipinski definition) is 0. The quantitative estimate of drug-likeness (QED) is 0.538. The molecule has 0 aromatic rings. The van der Waals surface area contributed by atoms with Crippen LogP contribution in [-0.4, -0.2) is 11.6 Å². The van der Waals surface area contributed by atoms with Crippen LogP contribution in [0.25, 0.3) is 0 Å². The van der Waals surface area contributed by atoms with E-state index in [0.29, 0.717) is 6.42 Å². The van der Waals surface area contributed by atoms with Gasteiger partial charge in [-0.25, -0.2) is 0 Å². The van der Waals surface area contributed by atoms with Crippen LogP contribution in [0.3, 0.4) is 0 Å². The van der Waals surface area contributed by atoms with Crippen LogP contribution in [0.15, 0.2) is 0 Å². The first kappa shape index (κ1) is 9.04. The van der Waals surface area contributed by atoms with Crippen molar-refractivity contribution in [2.45, 2.75) is 58.0 Å². The number of carbonyl (C=O) groups is 1. The number of rotatable bonds is 0. The van der Waals surface area contributed by atoms with Crippen molar-refractivity contribution in [1.29, 1.82) is 0 Å². The molecule has 1 aliphatic carbocycles. The third-order valence-electron chi connectivity index (χ3n) is 3.79. The topological polar surface area (TPSA) is 26.3 Å². The second-order valence-electron chi connectivity index (χ2n) is 5.09. The van der Waals surface area contributed by atoms with Crippen molar-refractivity contribution < 1.29 is 9.53 Å². The van der Waals surface area contributed by atoms with Crippen molar-refractivity contribution in [3.8, 4) is 0 Å². The summed E-state index contributed by atoms with van der Waals surface area (Å²) in [5.41, 5.74) is -0.0488. The van der Waals surface area contributed by atoms with Crippen LogP contribution in [0, 0.1) is 5.41 Å². The van der Waals surface area contributed by atoms with E-state index in [1.807, 2.05) is 0 Å². The van der Waals surface area contributed by atoms with Crippen molar-refractivity contribution in [3.63, 3.8) is 0 Å². The fourth-order valence-electron chi connectivity index (χ4n) is 2.82. The Kier molecular flexibility index (Phi) is 1.90. The van der Waals surface area contributed by atoms with E-state index in [9.17, 15) is 4.79 Å². The molecule has 2 fully saturated rings. The molecule has 13 heavy (non-hydrogen) atoms. The van der Waals surface area contributed by atoms with Crippen molar-refractivity contribution in [3.05, 3.63) is 0 Å². The molecule has 1 saturated heterocycles. The summed E-state index contributed by atoms with van der Waals surface area (Å²) in [5.74, 6) is 0.00639. The third kappa shape index (κ3) is 1.27. The fourth-order valence-corrected chi connectivity index (χ4v) is 2.82. The van der Waals surface area contributed by atoms with Crippen LogP contribution in [0.2, 0.25) is 0 Å². The fraction of sp³-hybridized carbons (Fsp3) is 0.909. The Morgan fingerprint density at radius 1 is 1.15 bits per heavy atom. The van der Waals surface area contributed by atoms with Gasteiger partial charge in [0.2, 0.25) is 0 Å². The molecule has 0 bridgehead atoms. The molecule has 0 radical (unpaired) electrons. The lowest BCUT2D eigenvalue weighted by atomic mass is 9.67. The molecule has 0 aromatic heterocycles. The molecule has 1 heterocycles. The molecule has 0 aromatic carbocycles. The summed E-state index contributed by atoms with van der Waals surface area (Å²) in [6.45, 7) is 4.34. The van der Waals surface area contributed by atoms with Gasteiger partial charge in [-0.05, 0) is 25.7 Å². The second kappa shape index (κ2) is 2.73. The lowest BCUT2D eigenvalue weighted by Crippen LogP contribution is -2.43. The molecule has 0 unspecified atom stereocenters. The molecule has 2 nitrogen and oxygen atoms in total. The Morgan fingerprint density at radius 3 is 2.23 bits per heavy atom. The van der Waals surface area contributed by atoms with Crippen LogP contribution < -0.4 is 0 Å². The molecule has 0 atom stereocenters. The van der Waals surface area contributed by atoms with E-state index < -0.39 is 0 Å². The van der Waals surface area contributed by atoms with E-state index in [4.69, 9.17) is 4.74 Å². The molecule has 1 spiro atoms. The van der Waals surface area contributed by atoms with E-state index in [1.54, 1.807) is 0 Å². The van der Waals surface area contributed by atoms with Crippen LogP contribution in [0.4, 0.5) is 0 Å². The zero-order valence-electron chi connectivity index (χ0n) is 8.56. The van der Waals surface area contributed by atoms with Gasteiger partial charge in [0.1, 0.15) is 5.60 Å². The van der Waals surface area contributed by atoms with Crippen LogP contribution in [-0.2, 0) is 9.53 Å². The summed E-state index contributed by atoms with van der Waals surface area (Å²) in [7, 11) is 0. The van der Waals surface area contributed by atoms with Gasteiger partial charge in [-0.2, -0.15) is 0 Å². The minimum Gasteiger partial charge on any atom is -0.458 e. The van der Waals surface area contributed by atoms with E-state index >= 15 is 0 Å². The van der Waals surface area contributed by atoms with E-state index in [-0.39, 0.29) is 17.0 Å². The van der Waals surface area contributed by atoms with Crippen molar-refractivity contribution in [1.82, 2.24) is 0 Å². The standard InChI is InChI=1S/C11H18O2/c1-10(2)8-9(12)13-11(10)6-4-3-5-7-11/h3-8H2,1-2H3. The van der Waals surface area contributed by atoms with Gasteiger partial charge in [-0.1, -0.05) is 20.3 Å². The highest BCUT2D eigenvalue weighted by Crippen LogP contribution is 2.51. The molecule has 1 aliphatic heterocycles. The number of ether oxygens (including phenoxy) is 1.